The average molecular weight is 286 g/mol. The molecule has 0 N–H and O–H groups in total. The van der Waals surface area contributed by atoms with E-state index in [0.717, 1.165) is 0 Å². The van der Waals surface area contributed by atoms with Crippen LogP contribution in [0.5, 0.6) is 0 Å². The highest BCUT2D eigenvalue weighted by Crippen LogP contribution is 2.64. The second-order valence-corrected chi connectivity index (χ2v) is 7.61. The Morgan fingerprint density at radius 1 is 1.15 bits per heavy atom. The predicted molar refractivity (Wildman–Crippen MR) is 70.6 cm³/mol. The molecule has 0 amide bonds. The van der Waals surface area contributed by atoms with Gasteiger partial charge in [-0.25, -0.2) is 8.78 Å². The van der Waals surface area contributed by atoms with Gasteiger partial charge in [-0.15, -0.1) is 0 Å². The number of hydrogen-bond donors (Lipinski definition) is 0. The van der Waals surface area contributed by atoms with Gasteiger partial charge in [0.25, 0.3) is 0 Å². The Kier molecular flexibility index (Phi) is 2.77. The molecular weight excluding hydrogens is 265 g/mol. The first-order valence-corrected chi connectivity index (χ1v) is 7.24. The lowest BCUT2D eigenvalue weighted by atomic mass is 9.44. The van der Waals surface area contributed by atoms with E-state index >= 15 is 0 Å². The molecule has 6 heteroatoms. The molecule has 112 valence electrons. The van der Waals surface area contributed by atoms with Crippen molar-refractivity contribution in [2.24, 2.45) is 11.3 Å². The number of carbonyl (C=O) groups is 1. The lowest BCUT2D eigenvalue weighted by Crippen LogP contribution is -2.62. The summed E-state index contributed by atoms with van der Waals surface area (Å²) in [6.45, 7) is 7.86. The number of alkyl halides is 2. The molecule has 2 saturated carbocycles. The molecule has 1 aliphatic heterocycles. The van der Waals surface area contributed by atoms with E-state index in [0.29, 0.717) is 12.7 Å². The van der Waals surface area contributed by atoms with Gasteiger partial charge in [0, 0.05) is 24.7 Å². The molecule has 1 saturated heterocycles. The Bertz CT molecular complexity index is 437. The maximum Gasteiger partial charge on any atom is 0.458 e. The second kappa shape index (κ2) is 3.83. The molecule has 0 aromatic carbocycles. The third-order valence-corrected chi connectivity index (χ3v) is 5.70. The maximum absolute atomic E-state index is 13.1. The van der Waals surface area contributed by atoms with Crippen LogP contribution < -0.4 is 0 Å². The van der Waals surface area contributed by atoms with E-state index in [1.165, 1.54) is 0 Å². The van der Waals surface area contributed by atoms with Crippen molar-refractivity contribution in [2.45, 2.75) is 70.4 Å². The molecule has 3 rings (SSSR count). The summed E-state index contributed by atoms with van der Waals surface area (Å²) in [5.74, 6) is -2.70. The van der Waals surface area contributed by atoms with Crippen molar-refractivity contribution < 1.29 is 22.9 Å². The molecule has 0 aromatic heterocycles. The van der Waals surface area contributed by atoms with Crippen LogP contribution in [0.4, 0.5) is 8.78 Å². The molecule has 1 atom stereocenters. The number of halogens is 2. The summed E-state index contributed by atoms with van der Waals surface area (Å²) < 4.78 is 38.1. The summed E-state index contributed by atoms with van der Waals surface area (Å²) in [5.41, 5.74) is -1.61. The topological polar surface area (TPSA) is 35.5 Å². The highest BCUT2D eigenvalue weighted by molar-refractivity contribution is 6.45. The minimum atomic E-state index is -2.66. The predicted octanol–water partition coefficient (Wildman–Crippen LogP) is 3.08. The van der Waals surface area contributed by atoms with Crippen LogP contribution in [0.15, 0.2) is 0 Å². The average Bonchev–Trinajstić information content (AvgIpc) is 2.43. The van der Waals surface area contributed by atoms with Crippen LogP contribution in [0, 0.1) is 11.3 Å². The Morgan fingerprint density at radius 3 is 2.05 bits per heavy atom. The normalized spacial score (nSPS) is 35.8. The third kappa shape index (κ3) is 1.87. The van der Waals surface area contributed by atoms with Gasteiger partial charge in [0.15, 0.2) is 0 Å². The molecule has 0 radical (unpaired) electrons. The first-order chi connectivity index (χ1) is 8.98. The fourth-order valence-corrected chi connectivity index (χ4v) is 3.68. The number of hydrogen-bond acceptors (Lipinski definition) is 3. The zero-order chi connectivity index (χ0) is 15.0. The van der Waals surface area contributed by atoms with Gasteiger partial charge in [0.1, 0.15) is 5.78 Å². The fraction of sp³-hybridized carbons (Fsp3) is 0.929. The molecule has 1 spiro atoms. The molecule has 0 bridgehead atoms. The molecule has 1 unspecified atom stereocenters. The monoisotopic (exact) mass is 286 g/mol. The molecular formula is C14H21BF2O3. The summed E-state index contributed by atoms with van der Waals surface area (Å²) in [7, 11) is -0.399. The number of carbonyl (C=O) groups excluding carboxylic acids is 1. The van der Waals surface area contributed by atoms with Crippen LogP contribution >= 0.6 is 0 Å². The highest BCUT2D eigenvalue weighted by Gasteiger charge is 2.69. The highest BCUT2D eigenvalue weighted by atomic mass is 19.3. The van der Waals surface area contributed by atoms with E-state index in [1.54, 1.807) is 0 Å². The van der Waals surface area contributed by atoms with Gasteiger partial charge in [-0.2, -0.15) is 0 Å². The molecule has 2 aliphatic carbocycles. The van der Waals surface area contributed by atoms with Gasteiger partial charge in [-0.1, -0.05) is 0 Å². The molecule has 20 heavy (non-hydrogen) atoms. The summed E-state index contributed by atoms with van der Waals surface area (Å²) >= 11 is 0. The van der Waals surface area contributed by atoms with Crippen LogP contribution in [0.3, 0.4) is 0 Å². The van der Waals surface area contributed by atoms with Crippen LogP contribution in [0.25, 0.3) is 0 Å². The van der Waals surface area contributed by atoms with E-state index in [1.807, 2.05) is 27.7 Å². The van der Waals surface area contributed by atoms with Crippen LogP contribution in [-0.4, -0.2) is 30.0 Å². The van der Waals surface area contributed by atoms with E-state index < -0.39 is 29.7 Å². The Hall–Kier alpha value is -0.485. The summed E-state index contributed by atoms with van der Waals surface area (Å²) in [6.07, 6.45) is 0.348. The summed E-state index contributed by atoms with van der Waals surface area (Å²) in [5, 5.41) is 0. The largest absolute Gasteiger partial charge is 0.458 e. The Labute approximate surface area is 118 Å². The van der Waals surface area contributed by atoms with E-state index in [2.05, 4.69) is 0 Å². The van der Waals surface area contributed by atoms with Crippen LogP contribution in [-0.2, 0) is 14.1 Å². The standard InChI is InChI=1S/C14H21BF2O3/c1-11(2)12(3,4)20-15(19-11)6-9-5-10(18)13(9)7-14(16,17)8-13/h9H,5-8H2,1-4H3. The SMILES string of the molecule is CC1(C)OB(CC2CC(=O)C23CC(F)(F)C3)OC1(C)C. The van der Waals surface area contributed by atoms with Crippen molar-refractivity contribution in [3.8, 4) is 0 Å². The van der Waals surface area contributed by atoms with Gasteiger partial charge < -0.3 is 9.31 Å². The van der Waals surface area contributed by atoms with Crippen molar-refractivity contribution in [2.75, 3.05) is 0 Å². The van der Waals surface area contributed by atoms with Crippen LogP contribution in [0.1, 0.15) is 47.0 Å². The van der Waals surface area contributed by atoms with Crippen molar-refractivity contribution in [3.63, 3.8) is 0 Å². The Balaban J connectivity index is 1.65. The molecule has 3 aliphatic rings. The number of rotatable bonds is 2. The van der Waals surface area contributed by atoms with Crippen molar-refractivity contribution in [3.05, 3.63) is 0 Å². The van der Waals surface area contributed by atoms with E-state index in [9.17, 15) is 13.6 Å². The van der Waals surface area contributed by atoms with E-state index in [-0.39, 0.29) is 24.5 Å². The van der Waals surface area contributed by atoms with Gasteiger partial charge in [0.05, 0.1) is 11.2 Å². The third-order valence-electron chi connectivity index (χ3n) is 5.70. The summed E-state index contributed by atoms with van der Waals surface area (Å²) in [6, 6.07) is 0. The van der Waals surface area contributed by atoms with Crippen LogP contribution in [0.2, 0.25) is 6.32 Å². The van der Waals surface area contributed by atoms with Gasteiger partial charge >= 0.3 is 7.12 Å². The van der Waals surface area contributed by atoms with Gasteiger partial charge in [-0.05, 0) is 39.9 Å². The van der Waals surface area contributed by atoms with Gasteiger partial charge in [-0.3, -0.25) is 4.79 Å². The Morgan fingerprint density at radius 2 is 1.65 bits per heavy atom. The fourth-order valence-electron chi connectivity index (χ4n) is 3.68. The quantitative estimate of drug-likeness (QED) is 0.732. The lowest BCUT2D eigenvalue weighted by molar-refractivity contribution is -0.210. The van der Waals surface area contributed by atoms with Gasteiger partial charge in [0.2, 0.25) is 5.92 Å². The van der Waals surface area contributed by atoms with E-state index in [4.69, 9.17) is 9.31 Å². The molecule has 1 heterocycles. The minimum absolute atomic E-state index is 0.00931. The summed E-state index contributed by atoms with van der Waals surface area (Å²) in [4.78, 5) is 11.7. The minimum Gasteiger partial charge on any atom is -0.403 e. The number of Topliss-reactive ketones (excluding diaryl/α,β-unsaturated/α-hetero) is 1. The lowest BCUT2D eigenvalue weighted by Gasteiger charge is -2.57. The smallest absolute Gasteiger partial charge is 0.403 e. The van der Waals surface area contributed by atoms with Crippen molar-refractivity contribution >= 4 is 12.9 Å². The number of ketones is 1. The van der Waals surface area contributed by atoms with Crippen molar-refractivity contribution in [1.82, 2.24) is 0 Å². The van der Waals surface area contributed by atoms with Crippen molar-refractivity contribution in [1.29, 1.82) is 0 Å². The zero-order valence-corrected chi connectivity index (χ0v) is 12.5. The molecule has 0 aromatic rings. The first kappa shape index (κ1) is 14.5. The molecule has 3 nitrogen and oxygen atoms in total. The zero-order valence-electron chi connectivity index (χ0n) is 12.5. The second-order valence-electron chi connectivity index (χ2n) is 7.61. The maximum atomic E-state index is 13.1. The molecule has 3 fully saturated rings. The first-order valence-electron chi connectivity index (χ1n) is 7.24.